The maximum Gasteiger partial charge on any atom is 0 e. The summed E-state index contributed by atoms with van der Waals surface area (Å²) in [6.45, 7) is 0. The van der Waals surface area contributed by atoms with E-state index in [0.29, 0.717) is 22.5 Å². The molecule has 5 heavy (non-hydrogen) atoms. The van der Waals surface area contributed by atoms with E-state index in [4.69, 9.17) is 3.08 Å². The number of rotatable bonds is 0. The topological polar surface area (TPSA) is 17.1 Å². The molecule has 5 heteroatoms. The molecular formula is CdInOSnZn. The Labute approximate surface area is 96.2 Å². The van der Waals surface area contributed by atoms with Crippen LogP contribution < -0.4 is 0 Å². The van der Waals surface area contributed by atoms with Gasteiger partial charge in [-0.25, -0.2) is 0 Å². The Bertz CT molecular complexity index is 11.6. The summed E-state index contributed by atoms with van der Waals surface area (Å²) in [7, 11) is 0. The van der Waals surface area contributed by atoms with Crippen LogP contribution in [0.2, 0.25) is 0 Å². The van der Waals surface area contributed by atoms with Gasteiger partial charge < -0.3 is 0 Å². The monoisotopic (exact) mass is 429 g/mol. The maximum atomic E-state index is 8.34. The summed E-state index contributed by atoms with van der Waals surface area (Å²) in [5.74, 6) is 0. The molecule has 0 aliphatic rings. The molecule has 0 heterocycles. The van der Waals surface area contributed by atoms with Crippen LogP contribution in [0.5, 0.6) is 0 Å². The molecule has 0 rings (SSSR count). The molecule has 0 spiro atoms. The van der Waals surface area contributed by atoms with Crippen LogP contribution in [-0.2, 0) is 49.9 Å². The first kappa shape index (κ1) is 24.5. The van der Waals surface area contributed by atoms with Crippen LogP contribution in [0.25, 0.3) is 0 Å². The maximum absolute atomic E-state index is 8.34. The van der Waals surface area contributed by atoms with Crippen molar-refractivity contribution < 1.29 is 49.9 Å². The second-order valence-corrected chi connectivity index (χ2v) is 0. The molecular weight excluding hydrogens is 427 g/mol. The van der Waals surface area contributed by atoms with Gasteiger partial charge in [0, 0.05) is 72.6 Å². The van der Waals surface area contributed by atoms with E-state index in [1.807, 2.05) is 0 Å². The minimum Gasteiger partial charge on any atom is 0 e. The van der Waals surface area contributed by atoms with Crippen molar-refractivity contribution in [3.05, 3.63) is 0 Å². The molecule has 0 aromatic carbocycles. The molecule has 0 aliphatic heterocycles. The van der Waals surface area contributed by atoms with Gasteiger partial charge in [-0.2, -0.15) is 0 Å². The van der Waals surface area contributed by atoms with Crippen molar-refractivity contribution in [2.24, 2.45) is 0 Å². The molecule has 0 aromatic heterocycles. The van der Waals surface area contributed by atoms with Gasteiger partial charge in [-0.15, -0.1) is 0 Å². The fourth-order valence-corrected chi connectivity index (χ4v) is 0. The molecule has 0 bridgehead atoms. The summed E-state index contributed by atoms with van der Waals surface area (Å²) < 4.78 is 8.34. The van der Waals surface area contributed by atoms with Gasteiger partial charge in [0.15, 0.2) is 0 Å². The normalized spacial score (nSPS) is 0.800. The first-order chi connectivity index (χ1) is 1.00. The van der Waals surface area contributed by atoms with Gasteiger partial charge in [0.05, 0.1) is 0 Å². The third-order valence-electron chi connectivity index (χ3n) is 0. The van der Waals surface area contributed by atoms with Crippen LogP contribution in [0.1, 0.15) is 0 Å². The van der Waals surface area contributed by atoms with E-state index in [1.165, 1.54) is 0 Å². The SMILES string of the molecule is [Cd].[In].[O]=[Sn].[Zn]. The van der Waals surface area contributed by atoms with Crippen LogP contribution >= 0.6 is 0 Å². The average molecular weight is 427 g/mol. The summed E-state index contributed by atoms with van der Waals surface area (Å²) in [6.07, 6.45) is 0. The van der Waals surface area contributed by atoms with E-state index in [2.05, 4.69) is 0 Å². The van der Waals surface area contributed by atoms with Crippen LogP contribution in [0.15, 0.2) is 0 Å². The van der Waals surface area contributed by atoms with Gasteiger partial charge in [0.1, 0.15) is 0 Å². The molecule has 0 aliphatic carbocycles. The van der Waals surface area contributed by atoms with Gasteiger partial charge in [-0.05, 0) is 0 Å². The molecule has 5 radical (unpaired) electrons. The van der Waals surface area contributed by atoms with Crippen LogP contribution in [-0.4, -0.2) is 48.4 Å². The fourth-order valence-electron chi connectivity index (χ4n) is 0. The molecule has 0 fully saturated rings. The van der Waals surface area contributed by atoms with Crippen molar-refractivity contribution >= 4 is 48.4 Å². The van der Waals surface area contributed by atoms with E-state index in [1.54, 1.807) is 0 Å². The summed E-state index contributed by atoms with van der Waals surface area (Å²) in [4.78, 5) is 0. The zero-order chi connectivity index (χ0) is 2.00. The van der Waals surface area contributed by atoms with Gasteiger partial charge >= 0.3 is 25.6 Å². The molecule has 0 atom stereocenters. The van der Waals surface area contributed by atoms with Gasteiger partial charge in [0.2, 0.25) is 0 Å². The molecule has 17 valence electrons. The summed E-state index contributed by atoms with van der Waals surface area (Å²) in [5, 5.41) is 0. The fraction of sp³-hybridized carbons (Fsp3) is 0. The van der Waals surface area contributed by atoms with E-state index >= 15 is 0 Å². The van der Waals surface area contributed by atoms with Crippen LogP contribution in [0, 0.1) is 0 Å². The quantitative estimate of drug-likeness (QED) is 0.459. The van der Waals surface area contributed by atoms with E-state index < -0.39 is 0 Å². The summed E-state index contributed by atoms with van der Waals surface area (Å²) >= 11 is 0.300. The van der Waals surface area contributed by atoms with Crippen molar-refractivity contribution in [2.75, 3.05) is 0 Å². The largest absolute Gasteiger partial charge is 0 e. The minimum absolute atomic E-state index is 0. The van der Waals surface area contributed by atoms with Crippen LogP contribution in [0.4, 0.5) is 0 Å². The second kappa shape index (κ2) is 27.9. The molecule has 0 unspecified atom stereocenters. The zero-order valence-corrected chi connectivity index (χ0v) is 16.1. The standard InChI is InChI=1S/Cd.In.O.Sn.Zn. The van der Waals surface area contributed by atoms with Gasteiger partial charge in [0.25, 0.3) is 0 Å². The van der Waals surface area contributed by atoms with E-state index in [0.717, 1.165) is 0 Å². The molecule has 0 aromatic rings. The Morgan fingerprint density at radius 3 is 1.20 bits per heavy atom. The van der Waals surface area contributed by atoms with Crippen molar-refractivity contribution in [1.29, 1.82) is 0 Å². The smallest absolute Gasteiger partial charge is 0 e. The van der Waals surface area contributed by atoms with Gasteiger partial charge in [-0.3, -0.25) is 0 Å². The minimum atomic E-state index is 0. The van der Waals surface area contributed by atoms with E-state index in [9.17, 15) is 0 Å². The van der Waals surface area contributed by atoms with Crippen molar-refractivity contribution in [2.45, 2.75) is 0 Å². The first-order valence-electron chi connectivity index (χ1n) is 0.204. The molecule has 0 saturated carbocycles. The average Bonchev–Trinajstić information content (AvgIpc) is 1.00. The molecule has 1 nitrogen and oxygen atoms in total. The Morgan fingerprint density at radius 1 is 1.20 bits per heavy atom. The van der Waals surface area contributed by atoms with Gasteiger partial charge in [-0.1, -0.05) is 0 Å². The zero-order valence-electron chi connectivity index (χ0n) is 2.90. The van der Waals surface area contributed by atoms with Crippen molar-refractivity contribution in [3.63, 3.8) is 0 Å². The molecule has 0 saturated heterocycles. The third-order valence-corrected chi connectivity index (χ3v) is 0. The predicted molar refractivity (Wildman–Crippen MR) is 12.2 cm³/mol. The Morgan fingerprint density at radius 2 is 1.20 bits per heavy atom. The Kier molecular flexibility index (Phi) is 137. The number of hydrogen-bond donors (Lipinski definition) is 0. The Hall–Kier alpha value is 3.01. The Balaban J connectivity index is -0.00000000167. The molecule has 0 N–H and O–H groups in total. The first-order valence-corrected chi connectivity index (χ1v) is 1.37. The van der Waals surface area contributed by atoms with Crippen LogP contribution in [0.3, 0.4) is 0 Å². The number of hydrogen-bond acceptors (Lipinski definition) is 1. The van der Waals surface area contributed by atoms with Crippen molar-refractivity contribution in [1.82, 2.24) is 0 Å². The summed E-state index contributed by atoms with van der Waals surface area (Å²) in [5.41, 5.74) is 0. The van der Waals surface area contributed by atoms with Crippen molar-refractivity contribution in [3.8, 4) is 0 Å². The van der Waals surface area contributed by atoms with E-state index in [-0.39, 0.29) is 72.6 Å². The molecule has 0 amide bonds. The predicted octanol–water partition coefficient (Wildman–Crippen LogP) is -0.885. The summed E-state index contributed by atoms with van der Waals surface area (Å²) in [6, 6.07) is 0. The second-order valence-electron chi connectivity index (χ2n) is 0. The third kappa shape index (κ3) is 19.4.